The van der Waals surface area contributed by atoms with Crippen molar-refractivity contribution in [2.75, 3.05) is 12.3 Å². The first-order chi connectivity index (χ1) is 10.0. The number of aryl methyl sites for hydroxylation is 2. The second-order valence-electron chi connectivity index (χ2n) is 5.81. The van der Waals surface area contributed by atoms with Gasteiger partial charge in [0.05, 0.1) is 0 Å². The largest absolute Gasteiger partial charge is 0.399 e. The smallest absolute Gasteiger partial charge is 0.254 e. The van der Waals surface area contributed by atoms with E-state index in [4.69, 9.17) is 5.73 Å². The lowest BCUT2D eigenvalue weighted by atomic mass is 9.97. The van der Waals surface area contributed by atoms with Crippen molar-refractivity contribution in [2.24, 2.45) is 0 Å². The molecule has 21 heavy (non-hydrogen) atoms. The molecule has 0 bridgehead atoms. The molecule has 0 aromatic heterocycles. The number of benzene rings is 2. The zero-order valence-electron chi connectivity index (χ0n) is 12.5. The van der Waals surface area contributed by atoms with Gasteiger partial charge in [0.15, 0.2) is 0 Å². The lowest BCUT2D eigenvalue weighted by Crippen LogP contribution is -2.37. The lowest BCUT2D eigenvalue weighted by molar-refractivity contribution is 0.0727. The Bertz CT molecular complexity index is 706. The van der Waals surface area contributed by atoms with Gasteiger partial charge in [-0.1, -0.05) is 24.3 Å². The van der Waals surface area contributed by atoms with E-state index in [1.807, 2.05) is 17.0 Å². The molecule has 0 unspecified atom stereocenters. The summed E-state index contributed by atoms with van der Waals surface area (Å²) in [4.78, 5) is 14.5. The molecule has 0 aliphatic carbocycles. The third-order valence-corrected chi connectivity index (χ3v) is 4.25. The van der Waals surface area contributed by atoms with Gasteiger partial charge in [-0.2, -0.15) is 0 Å². The Hall–Kier alpha value is -2.29. The molecule has 1 aliphatic rings. The van der Waals surface area contributed by atoms with E-state index < -0.39 is 0 Å². The summed E-state index contributed by atoms with van der Waals surface area (Å²) in [6.07, 6.45) is 0.895. The average Bonchev–Trinajstić information content (AvgIpc) is 2.46. The van der Waals surface area contributed by atoms with Crippen molar-refractivity contribution >= 4 is 11.6 Å². The Balaban J connectivity index is 1.84. The average molecular weight is 280 g/mol. The zero-order chi connectivity index (χ0) is 15.0. The van der Waals surface area contributed by atoms with Gasteiger partial charge in [-0.3, -0.25) is 4.79 Å². The summed E-state index contributed by atoms with van der Waals surface area (Å²) in [6.45, 7) is 5.63. The van der Waals surface area contributed by atoms with Crippen LogP contribution in [0.2, 0.25) is 0 Å². The highest BCUT2D eigenvalue weighted by Crippen LogP contribution is 2.23. The summed E-state index contributed by atoms with van der Waals surface area (Å²) in [6, 6.07) is 12.0. The lowest BCUT2D eigenvalue weighted by Gasteiger charge is -2.29. The molecule has 0 atom stereocenters. The Morgan fingerprint density at radius 1 is 1.10 bits per heavy atom. The highest BCUT2D eigenvalue weighted by Gasteiger charge is 2.24. The first-order valence-corrected chi connectivity index (χ1v) is 7.28. The molecule has 2 aromatic carbocycles. The normalized spacial score (nSPS) is 14.2. The third-order valence-electron chi connectivity index (χ3n) is 4.25. The number of rotatable bonds is 2. The minimum absolute atomic E-state index is 0.0850. The molecule has 3 rings (SSSR count). The minimum Gasteiger partial charge on any atom is -0.399 e. The van der Waals surface area contributed by atoms with Gasteiger partial charge in [0, 0.05) is 24.3 Å². The Labute approximate surface area is 125 Å². The van der Waals surface area contributed by atoms with Gasteiger partial charge in [-0.15, -0.1) is 0 Å². The maximum atomic E-state index is 12.6. The Morgan fingerprint density at radius 3 is 2.67 bits per heavy atom. The molecular formula is C18H20N2O. The van der Waals surface area contributed by atoms with Gasteiger partial charge in [0.25, 0.3) is 5.91 Å². The third kappa shape index (κ3) is 2.64. The van der Waals surface area contributed by atoms with Crippen LogP contribution in [0.25, 0.3) is 0 Å². The predicted octanol–water partition coefficient (Wildman–Crippen LogP) is 3.08. The molecule has 3 nitrogen and oxygen atoms in total. The second kappa shape index (κ2) is 5.24. The fraction of sp³-hybridized carbons (Fsp3) is 0.278. The number of fused-ring (bicyclic) bond motifs is 1. The van der Waals surface area contributed by atoms with Crippen molar-refractivity contribution in [3.63, 3.8) is 0 Å². The van der Waals surface area contributed by atoms with E-state index in [1.54, 1.807) is 6.07 Å². The van der Waals surface area contributed by atoms with Crippen LogP contribution in [0.1, 0.15) is 32.6 Å². The van der Waals surface area contributed by atoms with Crippen molar-refractivity contribution in [3.05, 3.63) is 64.2 Å². The van der Waals surface area contributed by atoms with Crippen molar-refractivity contribution in [2.45, 2.75) is 26.8 Å². The van der Waals surface area contributed by atoms with Crippen LogP contribution in [0, 0.1) is 13.8 Å². The van der Waals surface area contributed by atoms with Crippen LogP contribution >= 0.6 is 0 Å². The molecule has 2 aromatic rings. The number of hydrogen-bond donors (Lipinski definition) is 1. The summed E-state index contributed by atoms with van der Waals surface area (Å²) in [5, 5.41) is 0. The molecule has 108 valence electrons. The molecule has 0 spiro atoms. The quantitative estimate of drug-likeness (QED) is 0.859. The molecule has 0 fully saturated rings. The number of carbonyl (C=O) groups is 1. The minimum atomic E-state index is 0.0850. The monoisotopic (exact) mass is 280 g/mol. The number of nitrogens with zero attached hydrogens (tertiary/aromatic N) is 1. The molecular weight excluding hydrogens is 260 g/mol. The number of amides is 1. The van der Waals surface area contributed by atoms with E-state index in [1.165, 1.54) is 16.7 Å². The van der Waals surface area contributed by atoms with Gasteiger partial charge in [-0.05, 0) is 54.7 Å². The van der Waals surface area contributed by atoms with Crippen LogP contribution in [0.5, 0.6) is 0 Å². The molecule has 2 N–H and O–H groups in total. The molecule has 0 saturated heterocycles. The van der Waals surface area contributed by atoms with Crippen LogP contribution in [0.3, 0.4) is 0 Å². The van der Waals surface area contributed by atoms with Crippen molar-refractivity contribution in [1.82, 2.24) is 4.90 Å². The first kappa shape index (κ1) is 13.7. The fourth-order valence-electron chi connectivity index (χ4n) is 2.81. The number of nitrogens with two attached hydrogens (primary N) is 1. The van der Waals surface area contributed by atoms with E-state index in [9.17, 15) is 4.79 Å². The number of anilines is 1. The zero-order valence-corrected chi connectivity index (χ0v) is 12.5. The molecule has 3 heteroatoms. The van der Waals surface area contributed by atoms with Gasteiger partial charge < -0.3 is 10.6 Å². The van der Waals surface area contributed by atoms with E-state index in [0.29, 0.717) is 12.2 Å². The molecule has 1 aliphatic heterocycles. The van der Waals surface area contributed by atoms with Crippen molar-refractivity contribution in [3.8, 4) is 0 Å². The van der Waals surface area contributed by atoms with Gasteiger partial charge in [-0.25, -0.2) is 0 Å². The van der Waals surface area contributed by atoms with Crippen LogP contribution < -0.4 is 5.73 Å². The Kier molecular flexibility index (Phi) is 3.42. The van der Waals surface area contributed by atoms with Crippen molar-refractivity contribution < 1.29 is 4.79 Å². The summed E-state index contributed by atoms with van der Waals surface area (Å²) >= 11 is 0. The summed E-state index contributed by atoms with van der Waals surface area (Å²) in [5.41, 5.74) is 12.0. The maximum Gasteiger partial charge on any atom is 0.254 e. The number of carbonyl (C=O) groups excluding carboxylic acids is 1. The van der Waals surface area contributed by atoms with Gasteiger partial charge in [0.2, 0.25) is 0 Å². The summed E-state index contributed by atoms with van der Waals surface area (Å²) in [7, 11) is 0. The van der Waals surface area contributed by atoms with Crippen LogP contribution in [0.4, 0.5) is 5.69 Å². The van der Waals surface area contributed by atoms with E-state index in [2.05, 4.69) is 32.0 Å². The predicted molar refractivity (Wildman–Crippen MR) is 85.2 cm³/mol. The standard InChI is InChI=1S/C18H20N2O/c1-12-3-4-14(9-13(12)2)11-20-8-7-15-5-6-16(19)10-17(15)18(20)21/h3-6,9-10H,7-8,11,19H2,1-2H3. The number of nitrogen functional groups attached to an aromatic ring is 1. The molecule has 0 radical (unpaired) electrons. The number of hydrogen-bond acceptors (Lipinski definition) is 2. The fourth-order valence-corrected chi connectivity index (χ4v) is 2.81. The van der Waals surface area contributed by atoms with E-state index >= 15 is 0 Å². The van der Waals surface area contributed by atoms with Gasteiger partial charge in [0.1, 0.15) is 0 Å². The van der Waals surface area contributed by atoms with E-state index in [-0.39, 0.29) is 5.91 Å². The Morgan fingerprint density at radius 2 is 1.90 bits per heavy atom. The topological polar surface area (TPSA) is 46.3 Å². The highest BCUT2D eigenvalue weighted by atomic mass is 16.2. The molecule has 1 amide bonds. The maximum absolute atomic E-state index is 12.6. The van der Waals surface area contributed by atoms with Gasteiger partial charge >= 0.3 is 0 Å². The SMILES string of the molecule is Cc1ccc(CN2CCc3ccc(N)cc3C2=O)cc1C. The summed E-state index contributed by atoms with van der Waals surface area (Å²) in [5.74, 6) is 0.0850. The first-order valence-electron chi connectivity index (χ1n) is 7.28. The second-order valence-corrected chi connectivity index (χ2v) is 5.81. The van der Waals surface area contributed by atoms with Crippen LogP contribution in [-0.4, -0.2) is 17.4 Å². The van der Waals surface area contributed by atoms with Crippen LogP contribution in [0.15, 0.2) is 36.4 Å². The van der Waals surface area contributed by atoms with Crippen LogP contribution in [-0.2, 0) is 13.0 Å². The highest BCUT2D eigenvalue weighted by molar-refractivity contribution is 5.97. The molecule has 0 saturated carbocycles. The van der Waals surface area contributed by atoms with Crippen molar-refractivity contribution in [1.29, 1.82) is 0 Å². The summed E-state index contributed by atoms with van der Waals surface area (Å²) < 4.78 is 0. The molecule has 1 heterocycles. The van der Waals surface area contributed by atoms with E-state index in [0.717, 1.165) is 24.1 Å².